The van der Waals surface area contributed by atoms with E-state index >= 15 is 0 Å². The van der Waals surface area contributed by atoms with Crippen molar-refractivity contribution in [3.8, 4) is 23.0 Å². The number of halogens is 2. The number of rotatable bonds is 9. The molecular formula is C30H28F2N6O3. The number of fused-ring (bicyclic) bond motifs is 1. The molecule has 1 N–H and O–H groups in total. The normalized spacial score (nSPS) is 14.9. The minimum atomic E-state index is -0.705. The van der Waals surface area contributed by atoms with Crippen molar-refractivity contribution in [2.24, 2.45) is 0 Å². The summed E-state index contributed by atoms with van der Waals surface area (Å²) >= 11 is 0. The molecule has 0 saturated carbocycles. The van der Waals surface area contributed by atoms with Crippen LogP contribution in [0.25, 0.3) is 22.4 Å². The zero-order chi connectivity index (χ0) is 28.3. The molecule has 41 heavy (non-hydrogen) atoms. The van der Waals surface area contributed by atoms with Gasteiger partial charge in [0.1, 0.15) is 28.9 Å². The van der Waals surface area contributed by atoms with Gasteiger partial charge in [0, 0.05) is 42.0 Å². The molecule has 1 saturated heterocycles. The molecule has 0 radical (unpaired) electrons. The first kappa shape index (κ1) is 26.6. The summed E-state index contributed by atoms with van der Waals surface area (Å²) in [6.07, 6.45) is 4.85. The van der Waals surface area contributed by atoms with Gasteiger partial charge in [0.15, 0.2) is 11.6 Å². The highest BCUT2D eigenvalue weighted by atomic mass is 19.1. The van der Waals surface area contributed by atoms with E-state index < -0.39 is 11.6 Å². The number of para-hydroxylation sites is 1. The number of hydrogen-bond donors (Lipinski definition) is 1. The molecule has 1 aliphatic heterocycles. The third kappa shape index (κ3) is 5.40. The number of nitrogens with one attached hydrogen (secondary N) is 1. The van der Waals surface area contributed by atoms with Gasteiger partial charge in [-0.25, -0.2) is 18.7 Å². The van der Waals surface area contributed by atoms with Crippen molar-refractivity contribution < 1.29 is 23.0 Å². The SMILES string of the molecule is CCOc1cc(F)c(Cn2nc(-c3nc(Nc4ccncc4OC)cc(C4CCCO4)n3)c3ccccc32)c(F)c1. The van der Waals surface area contributed by atoms with E-state index in [1.165, 1.54) is 12.1 Å². The molecule has 1 aliphatic rings. The van der Waals surface area contributed by atoms with Crippen LogP contribution in [0.2, 0.25) is 0 Å². The van der Waals surface area contributed by atoms with Gasteiger partial charge >= 0.3 is 0 Å². The number of pyridine rings is 1. The summed E-state index contributed by atoms with van der Waals surface area (Å²) < 4.78 is 48.2. The van der Waals surface area contributed by atoms with E-state index in [1.54, 1.807) is 37.2 Å². The minimum Gasteiger partial charge on any atom is -0.494 e. The van der Waals surface area contributed by atoms with Gasteiger partial charge < -0.3 is 19.5 Å². The maximum atomic E-state index is 15.0. The molecule has 5 aromatic rings. The van der Waals surface area contributed by atoms with Crippen LogP contribution in [0, 0.1) is 11.6 Å². The van der Waals surface area contributed by atoms with E-state index in [0.717, 1.165) is 18.2 Å². The van der Waals surface area contributed by atoms with Gasteiger partial charge in [0.05, 0.1) is 49.5 Å². The van der Waals surface area contributed by atoms with Gasteiger partial charge in [-0.3, -0.25) is 9.67 Å². The lowest BCUT2D eigenvalue weighted by Crippen LogP contribution is -2.08. The summed E-state index contributed by atoms with van der Waals surface area (Å²) in [5, 5.41) is 8.82. The summed E-state index contributed by atoms with van der Waals surface area (Å²) in [5.41, 5.74) is 2.45. The number of aromatic nitrogens is 5. The zero-order valence-electron chi connectivity index (χ0n) is 22.6. The van der Waals surface area contributed by atoms with Crippen LogP contribution in [0.4, 0.5) is 20.3 Å². The van der Waals surface area contributed by atoms with Crippen LogP contribution in [0.3, 0.4) is 0 Å². The third-order valence-electron chi connectivity index (χ3n) is 6.88. The van der Waals surface area contributed by atoms with Gasteiger partial charge in [0.2, 0.25) is 0 Å². The Labute approximate surface area is 235 Å². The highest BCUT2D eigenvalue weighted by Gasteiger charge is 2.24. The molecule has 2 aromatic carbocycles. The van der Waals surface area contributed by atoms with Crippen molar-refractivity contribution in [3.05, 3.63) is 83.8 Å². The van der Waals surface area contributed by atoms with Gasteiger partial charge in [-0.15, -0.1) is 0 Å². The van der Waals surface area contributed by atoms with Crippen LogP contribution in [0.15, 0.2) is 60.9 Å². The first-order valence-corrected chi connectivity index (χ1v) is 13.4. The maximum absolute atomic E-state index is 15.0. The summed E-state index contributed by atoms with van der Waals surface area (Å²) in [5.74, 6) is 0.166. The van der Waals surface area contributed by atoms with Crippen molar-refractivity contribution in [2.45, 2.75) is 32.4 Å². The molecule has 6 rings (SSSR count). The van der Waals surface area contributed by atoms with Gasteiger partial charge in [-0.2, -0.15) is 5.10 Å². The third-order valence-corrected chi connectivity index (χ3v) is 6.88. The fraction of sp³-hybridized carbons (Fsp3) is 0.267. The second-order valence-electron chi connectivity index (χ2n) is 9.53. The average molecular weight is 559 g/mol. The molecule has 0 spiro atoms. The van der Waals surface area contributed by atoms with E-state index in [1.807, 2.05) is 30.3 Å². The Bertz CT molecular complexity index is 1680. The lowest BCUT2D eigenvalue weighted by molar-refractivity contribution is 0.108. The number of ether oxygens (including phenoxy) is 3. The smallest absolute Gasteiger partial charge is 0.183 e. The molecule has 0 aliphatic carbocycles. The van der Waals surface area contributed by atoms with Gasteiger partial charge in [-0.05, 0) is 31.9 Å². The molecule has 11 heteroatoms. The second kappa shape index (κ2) is 11.5. The first-order valence-electron chi connectivity index (χ1n) is 13.4. The molecule has 1 unspecified atom stereocenters. The molecule has 210 valence electrons. The number of nitrogens with zero attached hydrogens (tertiary/aromatic N) is 5. The highest BCUT2D eigenvalue weighted by Crippen LogP contribution is 2.34. The zero-order valence-corrected chi connectivity index (χ0v) is 22.6. The Morgan fingerprint density at radius 2 is 1.93 bits per heavy atom. The Hall–Kier alpha value is -4.64. The fourth-order valence-corrected chi connectivity index (χ4v) is 4.94. The Kier molecular flexibility index (Phi) is 7.43. The van der Waals surface area contributed by atoms with E-state index in [9.17, 15) is 8.78 Å². The molecule has 4 heterocycles. The number of hydrogen-bond acceptors (Lipinski definition) is 8. The standard InChI is InChI=1S/C30H28F2N6O3/c1-3-40-18-13-21(31)20(22(32)14-18)17-38-25-8-5-4-7-19(25)29(37-38)30-35-24(26-9-6-12-41-26)15-28(36-30)34-23-10-11-33-16-27(23)39-2/h4-5,7-8,10-11,13-16,26H,3,6,9,12,17H2,1-2H3,(H,33,34,35,36). The van der Waals surface area contributed by atoms with Crippen LogP contribution >= 0.6 is 0 Å². The lowest BCUT2D eigenvalue weighted by Gasteiger charge is -2.14. The van der Waals surface area contributed by atoms with Crippen LogP contribution < -0.4 is 14.8 Å². The van der Waals surface area contributed by atoms with E-state index in [4.69, 9.17) is 29.3 Å². The number of anilines is 2. The molecule has 3 aromatic heterocycles. The molecule has 0 amide bonds. The largest absolute Gasteiger partial charge is 0.494 e. The molecular weight excluding hydrogens is 530 g/mol. The van der Waals surface area contributed by atoms with Gasteiger partial charge in [-0.1, -0.05) is 18.2 Å². The molecule has 0 bridgehead atoms. The first-order chi connectivity index (χ1) is 20.0. The van der Waals surface area contributed by atoms with Crippen molar-refractivity contribution in [1.29, 1.82) is 0 Å². The van der Waals surface area contributed by atoms with Crippen molar-refractivity contribution in [1.82, 2.24) is 24.7 Å². The summed E-state index contributed by atoms with van der Waals surface area (Å²) in [4.78, 5) is 13.7. The average Bonchev–Trinajstić information content (AvgIpc) is 3.64. The van der Waals surface area contributed by atoms with Crippen molar-refractivity contribution >= 4 is 22.4 Å². The number of methoxy groups -OCH3 is 1. The van der Waals surface area contributed by atoms with Crippen LogP contribution in [-0.2, 0) is 11.3 Å². The Morgan fingerprint density at radius 1 is 1.10 bits per heavy atom. The van der Waals surface area contributed by atoms with Crippen LogP contribution in [0.5, 0.6) is 11.5 Å². The topological polar surface area (TPSA) is 96.2 Å². The van der Waals surface area contributed by atoms with E-state index in [-0.39, 0.29) is 24.0 Å². The van der Waals surface area contributed by atoms with Crippen molar-refractivity contribution in [3.63, 3.8) is 0 Å². The van der Waals surface area contributed by atoms with E-state index in [0.29, 0.717) is 53.2 Å². The maximum Gasteiger partial charge on any atom is 0.183 e. The van der Waals surface area contributed by atoms with Gasteiger partial charge in [0.25, 0.3) is 0 Å². The Balaban J connectivity index is 1.44. The summed E-state index contributed by atoms with van der Waals surface area (Å²) in [7, 11) is 1.57. The van der Waals surface area contributed by atoms with Crippen LogP contribution in [0.1, 0.15) is 37.1 Å². The minimum absolute atomic E-state index is 0.116. The Morgan fingerprint density at radius 3 is 2.68 bits per heavy atom. The van der Waals surface area contributed by atoms with Crippen molar-refractivity contribution in [2.75, 3.05) is 25.6 Å². The van der Waals surface area contributed by atoms with Crippen LogP contribution in [-0.4, -0.2) is 45.1 Å². The predicted molar refractivity (Wildman–Crippen MR) is 149 cm³/mol. The highest BCUT2D eigenvalue weighted by molar-refractivity contribution is 5.92. The summed E-state index contributed by atoms with van der Waals surface area (Å²) in [6, 6.07) is 13.5. The molecule has 1 fully saturated rings. The second-order valence-corrected chi connectivity index (χ2v) is 9.53. The van der Waals surface area contributed by atoms with E-state index in [2.05, 4.69) is 10.3 Å². The monoisotopic (exact) mass is 558 g/mol. The lowest BCUT2D eigenvalue weighted by atomic mass is 10.1. The quantitative estimate of drug-likeness (QED) is 0.228. The summed E-state index contributed by atoms with van der Waals surface area (Å²) in [6.45, 7) is 2.59. The fourth-order valence-electron chi connectivity index (χ4n) is 4.94. The molecule has 1 atom stereocenters. The number of benzene rings is 2. The molecule has 9 nitrogen and oxygen atoms in total. The predicted octanol–water partition coefficient (Wildman–Crippen LogP) is 6.22.